The van der Waals surface area contributed by atoms with Gasteiger partial charge in [0.05, 0.1) is 0 Å². The molecule has 6 nitrogen and oxygen atoms in total. The number of aromatic amines is 1. The molecule has 1 atom stereocenters. The Morgan fingerprint density at radius 2 is 1.79 bits per heavy atom. The lowest BCUT2D eigenvalue weighted by Gasteiger charge is -2.20. The molecule has 0 radical (unpaired) electrons. The van der Waals surface area contributed by atoms with Crippen LogP contribution in [-0.4, -0.2) is 42.7 Å². The Morgan fingerprint density at radius 3 is 2.33 bits per heavy atom. The lowest BCUT2D eigenvalue weighted by molar-refractivity contribution is 0.0934. The standard InChI is InChI=1S/C17H29N3O3S/c1-5-12(2)18-17(21)15-13(3)16(14(4)19-15)24(22,23)20-10-8-6-7-9-11-20/h12,19H,5-11H2,1-4H3,(H,18,21)/t12-/m1/s1. The zero-order valence-electron chi connectivity index (χ0n) is 15.1. The molecule has 7 heteroatoms. The van der Waals surface area contributed by atoms with E-state index >= 15 is 0 Å². The molecule has 1 saturated heterocycles. The van der Waals surface area contributed by atoms with Gasteiger partial charge in [0, 0.05) is 24.8 Å². The molecule has 0 aliphatic carbocycles. The largest absolute Gasteiger partial charge is 0.353 e. The molecule has 1 amide bonds. The van der Waals surface area contributed by atoms with Crippen molar-refractivity contribution in [3.8, 4) is 0 Å². The van der Waals surface area contributed by atoms with Crippen molar-refractivity contribution in [2.24, 2.45) is 0 Å². The first-order valence-electron chi connectivity index (χ1n) is 8.79. The van der Waals surface area contributed by atoms with Crippen LogP contribution in [0.3, 0.4) is 0 Å². The van der Waals surface area contributed by atoms with Gasteiger partial charge in [-0.15, -0.1) is 0 Å². The molecule has 2 heterocycles. The summed E-state index contributed by atoms with van der Waals surface area (Å²) in [4.78, 5) is 15.7. The van der Waals surface area contributed by atoms with Gasteiger partial charge in [0.15, 0.2) is 0 Å². The summed E-state index contributed by atoms with van der Waals surface area (Å²) in [6.45, 7) is 8.46. The van der Waals surface area contributed by atoms with E-state index in [2.05, 4.69) is 10.3 Å². The van der Waals surface area contributed by atoms with Crippen molar-refractivity contribution in [3.63, 3.8) is 0 Å². The van der Waals surface area contributed by atoms with Crippen LogP contribution in [0.5, 0.6) is 0 Å². The minimum absolute atomic E-state index is 0.0474. The highest BCUT2D eigenvalue weighted by molar-refractivity contribution is 7.89. The summed E-state index contributed by atoms with van der Waals surface area (Å²) >= 11 is 0. The van der Waals surface area contributed by atoms with Gasteiger partial charge in [0.1, 0.15) is 10.6 Å². The van der Waals surface area contributed by atoms with Crippen LogP contribution in [0.2, 0.25) is 0 Å². The average molecular weight is 356 g/mol. The van der Waals surface area contributed by atoms with Crippen molar-refractivity contribution in [1.82, 2.24) is 14.6 Å². The molecule has 1 aliphatic heterocycles. The summed E-state index contributed by atoms with van der Waals surface area (Å²) in [5.74, 6) is -0.248. The van der Waals surface area contributed by atoms with Gasteiger partial charge in [-0.2, -0.15) is 4.31 Å². The second-order valence-electron chi connectivity index (χ2n) is 6.68. The maximum Gasteiger partial charge on any atom is 0.268 e. The van der Waals surface area contributed by atoms with E-state index in [0.29, 0.717) is 30.0 Å². The fraction of sp³-hybridized carbons (Fsp3) is 0.706. The Balaban J connectivity index is 2.35. The predicted octanol–water partition coefficient (Wildman–Crippen LogP) is 2.72. The third-order valence-electron chi connectivity index (χ3n) is 4.75. The number of aromatic nitrogens is 1. The van der Waals surface area contributed by atoms with E-state index in [1.54, 1.807) is 18.2 Å². The number of carbonyl (C=O) groups is 1. The van der Waals surface area contributed by atoms with Crippen molar-refractivity contribution in [2.75, 3.05) is 13.1 Å². The van der Waals surface area contributed by atoms with Crippen molar-refractivity contribution >= 4 is 15.9 Å². The van der Waals surface area contributed by atoms with Crippen LogP contribution >= 0.6 is 0 Å². The Hall–Kier alpha value is -1.34. The van der Waals surface area contributed by atoms with Crippen molar-refractivity contribution < 1.29 is 13.2 Å². The minimum atomic E-state index is -3.57. The van der Waals surface area contributed by atoms with Gasteiger partial charge in [-0.05, 0) is 45.6 Å². The Bertz CT molecular complexity index is 686. The first-order chi connectivity index (χ1) is 11.3. The van der Waals surface area contributed by atoms with Crippen molar-refractivity contribution in [3.05, 3.63) is 17.0 Å². The molecule has 0 unspecified atom stereocenters. The number of hydrogen-bond donors (Lipinski definition) is 2. The zero-order chi connectivity index (χ0) is 17.9. The molecule has 0 spiro atoms. The topological polar surface area (TPSA) is 82.3 Å². The number of aryl methyl sites for hydroxylation is 1. The number of H-pyrrole nitrogens is 1. The molecular weight excluding hydrogens is 326 g/mol. The van der Waals surface area contributed by atoms with Crippen LogP contribution in [0.4, 0.5) is 0 Å². The van der Waals surface area contributed by atoms with Gasteiger partial charge in [-0.3, -0.25) is 4.79 Å². The summed E-state index contributed by atoms with van der Waals surface area (Å²) in [6.07, 6.45) is 4.75. The minimum Gasteiger partial charge on any atom is -0.353 e. The van der Waals surface area contributed by atoms with Crippen molar-refractivity contribution in [2.45, 2.75) is 70.7 Å². The van der Waals surface area contributed by atoms with Gasteiger partial charge in [-0.1, -0.05) is 19.8 Å². The molecule has 1 aromatic rings. The predicted molar refractivity (Wildman–Crippen MR) is 94.7 cm³/mol. The lowest BCUT2D eigenvalue weighted by Crippen LogP contribution is -2.33. The van der Waals surface area contributed by atoms with Crippen LogP contribution in [0.1, 0.15) is 67.7 Å². The monoisotopic (exact) mass is 355 g/mol. The van der Waals surface area contributed by atoms with Gasteiger partial charge in [0.2, 0.25) is 10.0 Å². The SMILES string of the molecule is CC[C@@H](C)NC(=O)c1[nH]c(C)c(S(=O)(=O)N2CCCCCC2)c1C. The quantitative estimate of drug-likeness (QED) is 0.852. The van der Waals surface area contributed by atoms with Crippen LogP contribution in [-0.2, 0) is 10.0 Å². The lowest BCUT2D eigenvalue weighted by atomic mass is 10.2. The molecule has 0 saturated carbocycles. The normalized spacial score (nSPS) is 18.2. The summed E-state index contributed by atoms with van der Waals surface area (Å²) < 4.78 is 27.7. The van der Waals surface area contributed by atoms with E-state index in [-0.39, 0.29) is 16.8 Å². The summed E-state index contributed by atoms with van der Waals surface area (Å²) in [7, 11) is -3.57. The fourth-order valence-electron chi connectivity index (χ4n) is 3.16. The number of hydrogen-bond acceptors (Lipinski definition) is 3. The average Bonchev–Trinajstić information content (AvgIpc) is 2.72. The highest BCUT2D eigenvalue weighted by Gasteiger charge is 2.32. The van der Waals surface area contributed by atoms with E-state index in [0.717, 1.165) is 32.1 Å². The molecule has 0 aromatic carbocycles. The summed E-state index contributed by atoms with van der Waals surface area (Å²) in [5.41, 5.74) is 1.39. The highest BCUT2D eigenvalue weighted by Crippen LogP contribution is 2.28. The maximum atomic E-state index is 13.1. The highest BCUT2D eigenvalue weighted by atomic mass is 32.2. The first-order valence-corrected chi connectivity index (χ1v) is 10.2. The van der Waals surface area contributed by atoms with Crippen LogP contribution in [0.25, 0.3) is 0 Å². The third-order valence-corrected chi connectivity index (χ3v) is 6.92. The van der Waals surface area contributed by atoms with Gasteiger partial charge in [0.25, 0.3) is 5.91 Å². The van der Waals surface area contributed by atoms with E-state index < -0.39 is 10.0 Å². The number of rotatable bonds is 5. The molecule has 1 fully saturated rings. The van der Waals surface area contributed by atoms with Crippen LogP contribution < -0.4 is 5.32 Å². The number of nitrogens with zero attached hydrogens (tertiary/aromatic N) is 1. The summed E-state index contributed by atoms with van der Waals surface area (Å²) in [5, 5.41) is 2.89. The summed E-state index contributed by atoms with van der Waals surface area (Å²) in [6, 6.07) is 0.0474. The molecular formula is C17H29N3O3S. The van der Waals surface area contributed by atoms with E-state index in [1.165, 1.54) is 0 Å². The maximum absolute atomic E-state index is 13.1. The molecule has 1 aromatic heterocycles. The van der Waals surface area contributed by atoms with Gasteiger partial charge in [-0.25, -0.2) is 8.42 Å². The molecule has 24 heavy (non-hydrogen) atoms. The molecule has 0 bridgehead atoms. The molecule has 136 valence electrons. The van der Waals surface area contributed by atoms with E-state index in [1.807, 2.05) is 13.8 Å². The fourth-order valence-corrected chi connectivity index (χ4v) is 5.08. The Labute approximate surface area is 145 Å². The van der Waals surface area contributed by atoms with Gasteiger partial charge >= 0.3 is 0 Å². The van der Waals surface area contributed by atoms with E-state index in [4.69, 9.17) is 0 Å². The first kappa shape index (κ1) is 19.0. The van der Waals surface area contributed by atoms with Crippen LogP contribution in [0, 0.1) is 13.8 Å². The second-order valence-corrected chi connectivity index (χ2v) is 8.55. The molecule has 2 rings (SSSR count). The number of carbonyl (C=O) groups excluding carboxylic acids is 1. The Morgan fingerprint density at radius 1 is 1.21 bits per heavy atom. The smallest absolute Gasteiger partial charge is 0.268 e. The number of sulfonamides is 1. The van der Waals surface area contributed by atoms with Gasteiger partial charge < -0.3 is 10.3 Å². The second kappa shape index (κ2) is 7.70. The number of amides is 1. The molecule has 2 N–H and O–H groups in total. The zero-order valence-corrected chi connectivity index (χ0v) is 15.9. The molecule has 1 aliphatic rings. The number of nitrogens with one attached hydrogen (secondary N) is 2. The third kappa shape index (κ3) is 3.83. The Kier molecular flexibility index (Phi) is 6.09. The van der Waals surface area contributed by atoms with Crippen LogP contribution in [0.15, 0.2) is 4.90 Å². The van der Waals surface area contributed by atoms with E-state index in [9.17, 15) is 13.2 Å². The van der Waals surface area contributed by atoms with Crippen molar-refractivity contribution in [1.29, 1.82) is 0 Å².